The lowest BCUT2D eigenvalue weighted by molar-refractivity contribution is 0.144. The first kappa shape index (κ1) is 10.3. The molecular formula is C9H19N3O. The lowest BCUT2D eigenvalue weighted by Crippen LogP contribution is -2.46. The van der Waals surface area contributed by atoms with Crippen LogP contribution in [0.15, 0.2) is 0 Å². The zero-order valence-electron chi connectivity index (χ0n) is 8.49. The number of carbonyl (C=O) groups is 1. The quantitative estimate of drug-likeness (QED) is 0.640. The van der Waals surface area contributed by atoms with E-state index in [2.05, 4.69) is 0 Å². The monoisotopic (exact) mass is 185 g/mol. The van der Waals surface area contributed by atoms with Crippen molar-refractivity contribution in [3.05, 3.63) is 0 Å². The number of carbonyl (C=O) groups excluding carboxylic acids is 1. The van der Waals surface area contributed by atoms with Gasteiger partial charge >= 0.3 is 6.03 Å². The standard InChI is InChI=1S/C9H19N3O/c1-11(2)9(13)12-5-3-4-8(6-10)7-12/h8H,3-7,10H2,1-2H3. The lowest BCUT2D eigenvalue weighted by Gasteiger charge is -2.33. The first-order chi connectivity index (χ1) is 6.15. The summed E-state index contributed by atoms with van der Waals surface area (Å²) in [6.07, 6.45) is 2.25. The van der Waals surface area contributed by atoms with E-state index < -0.39 is 0 Å². The molecule has 0 aromatic rings. The van der Waals surface area contributed by atoms with Gasteiger partial charge in [-0.05, 0) is 25.3 Å². The minimum atomic E-state index is 0.109. The number of urea groups is 1. The average Bonchev–Trinajstić information content (AvgIpc) is 2.16. The molecular weight excluding hydrogens is 166 g/mol. The minimum Gasteiger partial charge on any atom is -0.331 e. The Morgan fingerprint density at radius 3 is 2.85 bits per heavy atom. The Labute approximate surface area is 79.7 Å². The molecule has 4 heteroatoms. The number of nitrogens with zero attached hydrogens (tertiary/aromatic N) is 2. The molecule has 0 saturated carbocycles. The number of hydrogen-bond acceptors (Lipinski definition) is 2. The molecule has 0 aliphatic carbocycles. The molecule has 1 saturated heterocycles. The summed E-state index contributed by atoms with van der Waals surface area (Å²) in [6, 6.07) is 0.109. The average molecular weight is 185 g/mol. The predicted octanol–water partition coefficient (Wildman–Crippen LogP) is 0.339. The van der Waals surface area contributed by atoms with Crippen LogP contribution in [0, 0.1) is 5.92 Å². The molecule has 0 spiro atoms. The summed E-state index contributed by atoms with van der Waals surface area (Å²) in [5.41, 5.74) is 5.59. The second-order valence-corrected chi connectivity index (χ2v) is 3.87. The molecule has 1 rings (SSSR count). The van der Waals surface area contributed by atoms with Gasteiger partial charge in [-0.3, -0.25) is 0 Å². The van der Waals surface area contributed by atoms with Crippen molar-refractivity contribution in [2.24, 2.45) is 11.7 Å². The second kappa shape index (κ2) is 4.46. The topological polar surface area (TPSA) is 49.6 Å². The number of nitrogens with two attached hydrogens (primary N) is 1. The van der Waals surface area contributed by atoms with Gasteiger partial charge in [-0.25, -0.2) is 4.79 Å². The van der Waals surface area contributed by atoms with Crippen molar-refractivity contribution in [2.45, 2.75) is 12.8 Å². The Balaban J connectivity index is 2.46. The third-order valence-corrected chi connectivity index (χ3v) is 2.51. The van der Waals surface area contributed by atoms with Gasteiger partial charge in [0.2, 0.25) is 0 Å². The normalized spacial score (nSPS) is 23.0. The predicted molar refractivity (Wildman–Crippen MR) is 52.4 cm³/mol. The zero-order chi connectivity index (χ0) is 9.84. The van der Waals surface area contributed by atoms with Crippen molar-refractivity contribution in [2.75, 3.05) is 33.7 Å². The summed E-state index contributed by atoms with van der Waals surface area (Å²) in [6.45, 7) is 2.40. The summed E-state index contributed by atoms with van der Waals surface area (Å²) in [5.74, 6) is 0.498. The van der Waals surface area contributed by atoms with Crippen LogP contribution in [0.3, 0.4) is 0 Å². The van der Waals surface area contributed by atoms with Crippen LogP contribution in [0.2, 0.25) is 0 Å². The van der Waals surface area contributed by atoms with Crippen LogP contribution >= 0.6 is 0 Å². The molecule has 76 valence electrons. The molecule has 13 heavy (non-hydrogen) atoms. The smallest absolute Gasteiger partial charge is 0.319 e. The largest absolute Gasteiger partial charge is 0.331 e. The fourth-order valence-corrected chi connectivity index (χ4v) is 1.71. The zero-order valence-corrected chi connectivity index (χ0v) is 8.49. The van der Waals surface area contributed by atoms with Gasteiger partial charge in [-0.15, -0.1) is 0 Å². The summed E-state index contributed by atoms with van der Waals surface area (Å²) < 4.78 is 0. The van der Waals surface area contributed by atoms with Gasteiger partial charge in [-0.1, -0.05) is 0 Å². The van der Waals surface area contributed by atoms with Crippen LogP contribution in [0.5, 0.6) is 0 Å². The summed E-state index contributed by atoms with van der Waals surface area (Å²) in [5, 5.41) is 0. The van der Waals surface area contributed by atoms with Crippen molar-refractivity contribution in [3.8, 4) is 0 Å². The maximum atomic E-state index is 11.6. The number of piperidine rings is 1. The van der Waals surface area contributed by atoms with Crippen LogP contribution < -0.4 is 5.73 Å². The maximum Gasteiger partial charge on any atom is 0.319 e. The van der Waals surface area contributed by atoms with E-state index in [1.165, 1.54) is 0 Å². The molecule has 1 heterocycles. The highest BCUT2D eigenvalue weighted by Crippen LogP contribution is 2.15. The van der Waals surface area contributed by atoms with E-state index in [1.807, 2.05) is 4.90 Å². The summed E-state index contributed by atoms with van der Waals surface area (Å²) >= 11 is 0. The van der Waals surface area contributed by atoms with Gasteiger partial charge < -0.3 is 15.5 Å². The van der Waals surface area contributed by atoms with E-state index in [-0.39, 0.29) is 6.03 Å². The van der Waals surface area contributed by atoms with E-state index in [0.29, 0.717) is 12.5 Å². The minimum absolute atomic E-state index is 0.109. The first-order valence-electron chi connectivity index (χ1n) is 4.81. The number of amides is 2. The van der Waals surface area contributed by atoms with E-state index >= 15 is 0 Å². The van der Waals surface area contributed by atoms with Crippen LogP contribution in [0.1, 0.15) is 12.8 Å². The van der Waals surface area contributed by atoms with Gasteiger partial charge in [-0.2, -0.15) is 0 Å². The second-order valence-electron chi connectivity index (χ2n) is 3.87. The molecule has 0 radical (unpaired) electrons. The van der Waals surface area contributed by atoms with Crippen molar-refractivity contribution in [3.63, 3.8) is 0 Å². The molecule has 2 amide bonds. The van der Waals surface area contributed by atoms with Gasteiger partial charge in [0.1, 0.15) is 0 Å². The Bertz CT molecular complexity index is 182. The van der Waals surface area contributed by atoms with Crippen LogP contribution in [0.4, 0.5) is 4.79 Å². The number of likely N-dealkylation sites (tertiary alicyclic amines) is 1. The van der Waals surface area contributed by atoms with Crippen LogP contribution in [-0.2, 0) is 0 Å². The fourth-order valence-electron chi connectivity index (χ4n) is 1.71. The van der Waals surface area contributed by atoms with Crippen molar-refractivity contribution >= 4 is 6.03 Å². The van der Waals surface area contributed by atoms with Gasteiger partial charge in [0.05, 0.1) is 0 Å². The molecule has 1 unspecified atom stereocenters. The molecule has 0 aromatic carbocycles. The molecule has 1 aliphatic rings. The highest BCUT2D eigenvalue weighted by molar-refractivity contribution is 5.73. The summed E-state index contributed by atoms with van der Waals surface area (Å²) in [4.78, 5) is 15.1. The van der Waals surface area contributed by atoms with Gasteiger partial charge in [0, 0.05) is 27.2 Å². The van der Waals surface area contributed by atoms with E-state index in [1.54, 1.807) is 19.0 Å². The SMILES string of the molecule is CN(C)C(=O)N1CCCC(CN)C1. The van der Waals surface area contributed by atoms with E-state index in [4.69, 9.17) is 5.73 Å². The Morgan fingerprint density at radius 1 is 1.62 bits per heavy atom. The highest BCUT2D eigenvalue weighted by Gasteiger charge is 2.23. The van der Waals surface area contributed by atoms with Crippen molar-refractivity contribution < 1.29 is 4.79 Å². The van der Waals surface area contributed by atoms with Crippen LogP contribution in [-0.4, -0.2) is 49.6 Å². The van der Waals surface area contributed by atoms with E-state index in [9.17, 15) is 4.79 Å². The number of rotatable bonds is 1. The Kier molecular flexibility index (Phi) is 3.54. The van der Waals surface area contributed by atoms with Gasteiger partial charge in [0.25, 0.3) is 0 Å². The number of hydrogen-bond donors (Lipinski definition) is 1. The van der Waals surface area contributed by atoms with Crippen molar-refractivity contribution in [1.29, 1.82) is 0 Å². The third-order valence-electron chi connectivity index (χ3n) is 2.51. The third kappa shape index (κ3) is 2.59. The highest BCUT2D eigenvalue weighted by atomic mass is 16.2. The van der Waals surface area contributed by atoms with Crippen LogP contribution in [0.25, 0.3) is 0 Å². The fraction of sp³-hybridized carbons (Fsp3) is 0.889. The molecule has 2 N–H and O–H groups in total. The summed E-state index contributed by atoms with van der Waals surface area (Å²) in [7, 11) is 3.57. The molecule has 1 atom stereocenters. The first-order valence-corrected chi connectivity index (χ1v) is 4.81. The van der Waals surface area contributed by atoms with Crippen molar-refractivity contribution in [1.82, 2.24) is 9.80 Å². The maximum absolute atomic E-state index is 11.6. The molecule has 4 nitrogen and oxygen atoms in total. The molecule has 0 aromatic heterocycles. The molecule has 1 aliphatic heterocycles. The molecule has 0 bridgehead atoms. The Hall–Kier alpha value is -0.770. The molecule has 1 fully saturated rings. The Morgan fingerprint density at radius 2 is 2.31 bits per heavy atom. The lowest BCUT2D eigenvalue weighted by atomic mass is 9.99. The van der Waals surface area contributed by atoms with E-state index in [0.717, 1.165) is 25.9 Å². The van der Waals surface area contributed by atoms with Gasteiger partial charge in [0.15, 0.2) is 0 Å².